The van der Waals surface area contributed by atoms with E-state index in [0.717, 1.165) is 17.4 Å². The smallest absolute Gasteiger partial charge is 0.326 e. The van der Waals surface area contributed by atoms with Crippen molar-refractivity contribution in [3.8, 4) is 0 Å². The molecule has 136 valence electrons. The second-order valence-corrected chi connectivity index (χ2v) is 8.60. The molecule has 1 aliphatic rings. The Kier molecular flexibility index (Phi) is 4.77. The first kappa shape index (κ1) is 18.4. The molecule has 1 amide bonds. The number of amides is 1. The zero-order chi connectivity index (χ0) is 19.1. The highest BCUT2D eigenvalue weighted by Gasteiger charge is 2.35. The number of carbonyl (C=O) groups is 2. The summed E-state index contributed by atoms with van der Waals surface area (Å²) in [6.45, 7) is 0.116. The van der Waals surface area contributed by atoms with Crippen LogP contribution in [-0.4, -0.2) is 42.6 Å². The van der Waals surface area contributed by atoms with Gasteiger partial charge in [0.05, 0.1) is 15.5 Å². The van der Waals surface area contributed by atoms with Crippen LogP contribution in [0.25, 0.3) is 0 Å². The summed E-state index contributed by atoms with van der Waals surface area (Å²) in [4.78, 5) is 25.9. The Morgan fingerprint density at radius 1 is 1.15 bits per heavy atom. The van der Waals surface area contributed by atoms with Crippen molar-refractivity contribution in [1.29, 1.82) is 0 Å². The van der Waals surface area contributed by atoms with Gasteiger partial charge < -0.3 is 10.0 Å². The van der Waals surface area contributed by atoms with Crippen LogP contribution < -0.4 is 0 Å². The molecule has 2 aromatic rings. The van der Waals surface area contributed by atoms with Gasteiger partial charge in [-0.15, -0.1) is 0 Å². The molecule has 1 heterocycles. The van der Waals surface area contributed by atoms with Gasteiger partial charge in [0.2, 0.25) is 0 Å². The van der Waals surface area contributed by atoms with Crippen molar-refractivity contribution < 1.29 is 23.1 Å². The lowest BCUT2D eigenvalue weighted by atomic mass is 9.93. The summed E-state index contributed by atoms with van der Waals surface area (Å²) in [5.41, 5.74) is 1.70. The lowest BCUT2D eigenvalue weighted by Gasteiger charge is -2.34. The molecular formula is C18H16ClNO5S. The van der Waals surface area contributed by atoms with E-state index < -0.39 is 27.8 Å². The van der Waals surface area contributed by atoms with E-state index in [1.165, 1.54) is 23.1 Å². The second kappa shape index (κ2) is 6.74. The highest BCUT2D eigenvalue weighted by molar-refractivity contribution is 7.90. The summed E-state index contributed by atoms with van der Waals surface area (Å²) in [6.07, 6.45) is 1.21. The minimum absolute atomic E-state index is 0.0276. The molecule has 26 heavy (non-hydrogen) atoms. The first-order valence-corrected chi connectivity index (χ1v) is 10.1. The molecule has 1 N–H and O–H groups in total. The van der Waals surface area contributed by atoms with Crippen LogP contribution in [0, 0.1) is 0 Å². The average molecular weight is 394 g/mol. The molecule has 2 aromatic carbocycles. The predicted molar refractivity (Wildman–Crippen MR) is 96.0 cm³/mol. The maximum Gasteiger partial charge on any atom is 0.326 e. The highest BCUT2D eigenvalue weighted by atomic mass is 35.5. The molecule has 0 fully saturated rings. The van der Waals surface area contributed by atoms with Gasteiger partial charge in [0.1, 0.15) is 6.04 Å². The monoisotopic (exact) mass is 393 g/mol. The standard InChI is InChI=1S/C18H16ClNO5S/c1-26(24,25)13-6-7-15(19)14(9-13)17(21)20-10-12-5-3-2-4-11(12)8-16(20)18(22)23/h2-7,9,16H,8,10H2,1H3,(H,22,23)/t16-/m1/s1. The van der Waals surface area contributed by atoms with E-state index in [1.807, 2.05) is 24.3 Å². The largest absolute Gasteiger partial charge is 0.480 e. The average Bonchev–Trinajstić information content (AvgIpc) is 2.59. The van der Waals surface area contributed by atoms with E-state index in [9.17, 15) is 23.1 Å². The number of benzene rings is 2. The number of sulfone groups is 1. The van der Waals surface area contributed by atoms with Gasteiger partial charge in [0, 0.05) is 19.2 Å². The number of fused-ring (bicyclic) bond motifs is 1. The Hall–Kier alpha value is -2.38. The molecule has 0 aromatic heterocycles. The molecular weight excluding hydrogens is 378 g/mol. The fourth-order valence-electron chi connectivity index (χ4n) is 3.01. The first-order valence-electron chi connectivity index (χ1n) is 7.78. The van der Waals surface area contributed by atoms with E-state index in [4.69, 9.17) is 11.6 Å². The summed E-state index contributed by atoms with van der Waals surface area (Å²) in [5, 5.41) is 9.63. The zero-order valence-electron chi connectivity index (χ0n) is 13.8. The van der Waals surface area contributed by atoms with Crippen molar-refractivity contribution in [2.75, 3.05) is 6.26 Å². The molecule has 0 bridgehead atoms. The van der Waals surface area contributed by atoms with Crippen molar-refractivity contribution in [2.45, 2.75) is 23.9 Å². The number of nitrogens with zero attached hydrogens (tertiary/aromatic N) is 1. The van der Waals surface area contributed by atoms with E-state index in [-0.39, 0.29) is 28.4 Å². The van der Waals surface area contributed by atoms with Crippen LogP contribution in [0.5, 0.6) is 0 Å². The summed E-state index contributed by atoms with van der Waals surface area (Å²) in [6, 6.07) is 10.1. The molecule has 0 saturated heterocycles. The Labute approximate surface area is 155 Å². The van der Waals surface area contributed by atoms with Crippen molar-refractivity contribution in [3.63, 3.8) is 0 Å². The van der Waals surface area contributed by atoms with Crippen LogP contribution in [0.2, 0.25) is 5.02 Å². The molecule has 6 nitrogen and oxygen atoms in total. The zero-order valence-corrected chi connectivity index (χ0v) is 15.4. The third-order valence-electron chi connectivity index (χ3n) is 4.39. The van der Waals surface area contributed by atoms with Gasteiger partial charge in [-0.1, -0.05) is 35.9 Å². The number of hydrogen-bond acceptors (Lipinski definition) is 4. The maximum absolute atomic E-state index is 13.0. The number of halogens is 1. The van der Waals surface area contributed by atoms with Crippen LogP contribution in [0.15, 0.2) is 47.4 Å². The van der Waals surface area contributed by atoms with Crippen LogP contribution in [0.3, 0.4) is 0 Å². The van der Waals surface area contributed by atoms with Crippen LogP contribution in [-0.2, 0) is 27.6 Å². The highest BCUT2D eigenvalue weighted by Crippen LogP contribution is 2.28. The molecule has 8 heteroatoms. The summed E-state index contributed by atoms with van der Waals surface area (Å²) in [7, 11) is -3.53. The lowest BCUT2D eigenvalue weighted by Crippen LogP contribution is -2.48. The van der Waals surface area contributed by atoms with Crippen molar-refractivity contribution in [2.24, 2.45) is 0 Å². The van der Waals surface area contributed by atoms with Crippen molar-refractivity contribution in [3.05, 3.63) is 64.2 Å². The minimum atomic E-state index is -3.53. The van der Waals surface area contributed by atoms with Gasteiger partial charge in [0.15, 0.2) is 9.84 Å². The van der Waals surface area contributed by atoms with Gasteiger partial charge in [0.25, 0.3) is 5.91 Å². The van der Waals surface area contributed by atoms with Crippen LogP contribution in [0.1, 0.15) is 21.5 Å². The van der Waals surface area contributed by atoms with E-state index in [1.54, 1.807) is 0 Å². The van der Waals surface area contributed by atoms with Gasteiger partial charge >= 0.3 is 5.97 Å². The van der Waals surface area contributed by atoms with E-state index in [2.05, 4.69) is 0 Å². The van der Waals surface area contributed by atoms with Crippen LogP contribution in [0.4, 0.5) is 0 Å². The summed E-state index contributed by atoms with van der Waals surface area (Å²) >= 11 is 6.10. The van der Waals surface area contributed by atoms with E-state index >= 15 is 0 Å². The van der Waals surface area contributed by atoms with E-state index in [0.29, 0.717) is 0 Å². The van der Waals surface area contributed by atoms with Crippen molar-refractivity contribution >= 4 is 33.3 Å². The quantitative estimate of drug-likeness (QED) is 0.864. The fourth-order valence-corrected chi connectivity index (χ4v) is 3.86. The summed E-state index contributed by atoms with van der Waals surface area (Å²) < 4.78 is 23.5. The maximum atomic E-state index is 13.0. The summed E-state index contributed by atoms with van der Waals surface area (Å²) in [5.74, 6) is -1.73. The Morgan fingerprint density at radius 3 is 2.42 bits per heavy atom. The number of carbonyl (C=O) groups excluding carboxylic acids is 1. The Balaban J connectivity index is 2.05. The Bertz CT molecular complexity index is 1000. The van der Waals surface area contributed by atoms with Crippen LogP contribution >= 0.6 is 11.6 Å². The SMILES string of the molecule is CS(=O)(=O)c1ccc(Cl)c(C(=O)N2Cc3ccccc3C[C@@H]2C(=O)O)c1. The molecule has 1 aliphatic heterocycles. The van der Waals surface area contributed by atoms with Gasteiger partial charge in [-0.3, -0.25) is 4.79 Å². The number of carboxylic acids is 1. The molecule has 0 spiro atoms. The fraction of sp³-hybridized carbons (Fsp3) is 0.222. The predicted octanol–water partition coefficient (Wildman–Crippen LogP) is 2.40. The van der Waals surface area contributed by atoms with Gasteiger partial charge in [-0.05, 0) is 29.3 Å². The third-order valence-corrected chi connectivity index (χ3v) is 5.83. The lowest BCUT2D eigenvalue weighted by molar-refractivity contribution is -0.142. The number of aliphatic carboxylic acids is 1. The molecule has 0 aliphatic carbocycles. The first-order chi connectivity index (χ1) is 12.2. The molecule has 1 atom stereocenters. The minimum Gasteiger partial charge on any atom is -0.480 e. The normalized spacial score (nSPS) is 16.8. The van der Waals surface area contributed by atoms with Gasteiger partial charge in [-0.2, -0.15) is 0 Å². The number of rotatable bonds is 3. The third kappa shape index (κ3) is 3.45. The van der Waals surface area contributed by atoms with Gasteiger partial charge in [-0.25, -0.2) is 13.2 Å². The van der Waals surface area contributed by atoms with Crippen molar-refractivity contribution in [1.82, 2.24) is 4.90 Å². The molecule has 0 saturated carbocycles. The number of carboxylic acid groups (broad SMARTS) is 1. The second-order valence-electron chi connectivity index (χ2n) is 6.17. The molecule has 3 rings (SSSR count). The Morgan fingerprint density at radius 2 is 1.81 bits per heavy atom. The molecule has 0 unspecified atom stereocenters. The number of hydrogen-bond donors (Lipinski definition) is 1. The topological polar surface area (TPSA) is 91.8 Å². The molecule has 0 radical (unpaired) electrons.